The Morgan fingerprint density at radius 3 is 2.12 bits per heavy atom. The fraction of sp³-hybridized carbons (Fsp3) is 0.0714. The second-order valence-electron chi connectivity index (χ2n) is 7.59. The van der Waals surface area contributed by atoms with Crippen LogP contribution in [0.5, 0.6) is 5.75 Å². The fourth-order valence-electron chi connectivity index (χ4n) is 3.56. The van der Waals surface area contributed by atoms with Crippen LogP contribution in [0, 0.1) is 0 Å². The highest BCUT2D eigenvalue weighted by Crippen LogP contribution is 2.25. The van der Waals surface area contributed by atoms with Crippen molar-refractivity contribution in [1.82, 2.24) is 5.43 Å². The van der Waals surface area contributed by atoms with Crippen molar-refractivity contribution in [2.75, 3.05) is 0 Å². The molecule has 4 nitrogen and oxygen atoms in total. The second-order valence-corrected chi connectivity index (χ2v) is 8.46. The van der Waals surface area contributed by atoms with Gasteiger partial charge in [0.1, 0.15) is 12.4 Å². The van der Waals surface area contributed by atoms with Gasteiger partial charge in [-0.25, -0.2) is 5.43 Å². The molecule has 4 aromatic carbocycles. The van der Waals surface area contributed by atoms with Crippen LogP contribution in [-0.2, 0) is 11.4 Å². The van der Waals surface area contributed by atoms with Gasteiger partial charge in [0, 0.05) is 15.6 Å². The zero-order chi connectivity index (χ0) is 23.8. The Bertz CT molecular complexity index is 1240. The number of nitrogens with zero attached hydrogens (tertiary/aromatic N) is 1. The molecular formula is C28H22Cl2N2O2. The van der Waals surface area contributed by atoms with Gasteiger partial charge in [-0.3, -0.25) is 4.79 Å². The van der Waals surface area contributed by atoms with Crippen LogP contribution < -0.4 is 10.2 Å². The van der Waals surface area contributed by atoms with Crippen molar-refractivity contribution in [2.45, 2.75) is 12.5 Å². The Hall–Kier alpha value is -3.60. The Morgan fingerprint density at radius 1 is 0.824 bits per heavy atom. The average Bonchev–Trinajstić information content (AvgIpc) is 2.85. The number of nitrogens with one attached hydrogen (secondary N) is 1. The summed E-state index contributed by atoms with van der Waals surface area (Å²) in [6.45, 7) is 0.333. The molecule has 170 valence electrons. The summed E-state index contributed by atoms with van der Waals surface area (Å²) < 4.78 is 5.96. The molecule has 0 spiro atoms. The third-order valence-corrected chi connectivity index (χ3v) is 5.63. The largest absolute Gasteiger partial charge is 0.488 e. The monoisotopic (exact) mass is 488 g/mol. The lowest BCUT2D eigenvalue weighted by molar-refractivity contribution is -0.121. The number of benzene rings is 4. The minimum absolute atomic E-state index is 0.239. The molecule has 0 aliphatic carbocycles. The summed E-state index contributed by atoms with van der Waals surface area (Å²) in [6.07, 6.45) is 1.53. The third-order valence-electron chi connectivity index (χ3n) is 5.16. The maximum absolute atomic E-state index is 13.1. The van der Waals surface area contributed by atoms with E-state index in [1.165, 1.54) is 6.21 Å². The molecule has 1 amide bonds. The molecular weight excluding hydrogens is 467 g/mol. The molecule has 0 saturated heterocycles. The molecule has 34 heavy (non-hydrogen) atoms. The molecule has 0 heterocycles. The van der Waals surface area contributed by atoms with Crippen molar-refractivity contribution >= 4 is 35.3 Å². The van der Waals surface area contributed by atoms with Crippen LogP contribution in [0.1, 0.15) is 28.2 Å². The van der Waals surface area contributed by atoms with Crippen molar-refractivity contribution in [3.05, 3.63) is 135 Å². The maximum atomic E-state index is 13.1. The first-order chi connectivity index (χ1) is 16.6. The van der Waals surface area contributed by atoms with Gasteiger partial charge in [0.25, 0.3) is 5.91 Å². The molecule has 0 unspecified atom stereocenters. The van der Waals surface area contributed by atoms with Gasteiger partial charge in [0.2, 0.25) is 0 Å². The van der Waals surface area contributed by atoms with E-state index < -0.39 is 5.92 Å². The van der Waals surface area contributed by atoms with E-state index in [0.717, 1.165) is 16.7 Å². The number of carbonyl (C=O) groups is 1. The van der Waals surface area contributed by atoms with Crippen LogP contribution in [0.3, 0.4) is 0 Å². The van der Waals surface area contributed by atoms with Gasteiger partial charge in [-0.15, -0.1) is 0 Å². The van der Waals surface area contributed by atoms with Gasteiger partial charge in [0.15, 0.2) is 0 Å². The molecule has 0 saturated carbocycles. The van der Waals surface area contributed by atoms with Crippen molar-refractivity contribution in [3.63, 3.8) is 0 Å². The van der Waals surface area contributed by atoms with Gasteiger partial charge in [-0.1, -0.05) is 96.0 Å². The molecule has 0 fully saturated rings. The summed E-state index contributed by atoms with van der Waals surface area (Å²) in [6, 6.07) is 31.9. The molecule has 0 bridgehead atoms. The van der Waals surface area contributed by atoms with Gasteiger partial charge in [-0.2, -0.15) is 5.10 Å². The average molecular weight is 489 g/mol. The lowest BCUT2D eigenvalue weighted by Crippen LogP contribution is -2.26. The number of hydrogen-bond donors (Lipinski definition) is 1. The fourth-order valence-corrected chi connectivity index (χ4v) is 3.95. The summed E-state index contributed by atoms with van der Waals surface area (Å²) in [4.78, 5) is 13.1. The highest BCUT2D eigenvalue weighted by atomic mass is 35.5. The molecule has 0 aromatic heterocycles. The first kappa shape index (κ1) is 23.6. The zero-order valence-corrected chi connectivity index (χ0v) is 19.7. The van der Waals surface area contributed by atoms with Crippen molar-refractivity contribution in [3.8, 4) is 5.75 Å². The number of rotatable bonds is 8. The predicted molar refractivity (Wildman–Crippen MR) is 138 cm³/mol. The standard InChI is InChI=1S/C28H22Cl2N2O2/c29-24-13-7-8-20(16-24)19-34-26-15-14-25(30)17-23(26)18-31-32-28(33)27(21-9-3-1-4-10-21)22-11-5-2-6-12-22/h1-18,27H,19H2,(H,32,33)/b31-18-. The molecule has 0 aliphatic rings. The normalized spacial score (nSPS) is 11.0. The molecule has 0 aliphatic heterocycles. The highest BCUT2D eigenvalue weighted by molar-refractivity contribution is 6.31. The van der Waals surface area contributed by atoms with Gasteiger partial charge in [0.05, 0.1) is 12.1 Å². The number of hydrogen-bond acceptors (Lipinski definition) is 3. The quantitative estimate of drug-likeness (QED) is 0.217. The van der Waals surface area contributed by atoms with E-state index >= 15 is 0 Å². The molecule has 1 N–H and O–H groups in total. The molecule has 0 atom stereocenters. The molecule has 4 aromatic rings. The van der Waals surface area contributed by atoms with Crippen LogP contribution in [0.2, 0.25) is 10.0 Å². The Morgan fingerprint density at radius 2 is 1.47 bits per heavy atom. The van der Waals surface area contributed by atoms with E-state index in [9.17, 15) is 4.79 Å². The minimum atomic E-state index is -0.488. The van der Waals surface area contributed by atoms with Crippen molar-refractivity contribution < 1.29 is 9.53 Å². The summed E-state index contributed by atoms with van der Waals surface area (Å²) in [7, 11) is 0. The first-order valence-electron chi connectivity index (χ1n) is 10.7. The number of carbonyl (C=O) groups excluding carboxylic acids is 1. The topological polar surface area (TPSA) is 50.7 Å². The zero-order valence-electron chi connectivity index (χ0n) is 18.2. The summed E-state index contributed by atoms with van der Waals surface area (Å²) in [5.74, 6) is -0.139. The first-order valence-corrected chi connectivity index (χ1v) is 11.5. The van der Waals surface area contributed by atoms with Crippen LogP contribution in [0.4, 0.5) is 0 Å². The lowest BCUT2D eigenvalue weighted by Gasteiger charge is -2.16. The highest BCUT2D eigenvalue weighted by Gasteiger charge is 2.22. The Balaban J connectivity index is 1.50. The lowest BCUT2D eigenvalue weighted by atomic mass is 9.91. The third kappa shape index (κ3) is 6.25. The van der Waals surface area contributed by atoms with E-state index in [0.29, 0.717) is 28.0 Å². The van der Waals surface area contributed by atoms with Crippen LogP contribution >= 0.6 is 23.2 Å². The molecule has 4 rings (SSSR count). The number of amides is 1. The minimum Gasteiger partial charge on any atom is -0.488 e. The number of hydrazone groups is 1. The maximum Gasteiger partial charge on any atom is 0.252 e. The van der Waals surface area contributed by atoms with Crippen LogP contribution in [-0.4, -0.2) is 12.1 Å². The van der Waals surface area contributed by atoms with Crippen LogP contribution in [0.15, 0.2) is 108 Å². The van der Waals surface area contributed by atoms with Crippen molar-refractivity contribution in [1.29, 1.82) is 0 Å². The SMILES string of the molecule is O=C(N/N=C\c1cc(Cl)ccc1OCc1cccc(Cl)c1)C(c1ccccc1)c1ccccc1. The predicted octanol–water partition coefficient (Wildman–Crippen LogP) is 6.85. The molecule has 0 radical (unpaired) electrons. The molecule has 6 heteroatoms. The van der Waals surface area contributed by atoms with Crippen molar-refractivity contribution in [2.24, 2.45) is 5.10 Å². The van der Waals surface area contributed by atoms with E-state index in [2.05, 4.69) is 10.5 Å². The van der Waals surface area contributed by atoms with Gasteiger partial charge in [-0.05, 0) is 47.0 Å². The van der Waals surface area contributed by atoms with E-state index in [4.69, 9.17) is 27.9 Å². The smallest absolute Gasteiger partial charge is 0.252 e. The second kappa shape index (κ2) is 11.5. The van der Waals surface area contributed by atoms with E-state index in [1.807, 2.05) is 84.9 Å². The Kier molecular flexibility index (Phi) is 7.97. The van der Waals surface area contributed by atoms with Gasteiger partial charge < -0.3 is 4.74 Å². The van der Waals surface area contributed by atoms with Gasteiger partial charge >= 0.3 is 0 Å². The number of halogens is 2. The summed E-state index contributed by atoms with van der Waals surface area (Å²) >= 11 is 12.2. The van der Waals surface area contributed by atoms with E-state index in [-0.39, 0.29) is 5.91 Å². The van der Waals surface area contributed by atoms with Crippen LogP contribution in [0.25, 0.3) is 0 Å². The number of ether oxygens (including phenoxy) is 1. The summed E-state index contributed by atoms with van der Waals surface area (Å²) in [5.41, 5.74) is 6.02. The van der Waals surface area contributed by atoms with E-state index in [1.54, 1.807) is 18.2 Å². The summed E-state index contributed by atoms with van der Waals surface area (Å²) in [5, 5.41) is 5.38. The Labute approximate surface area is 208 Å².